The molecular weight excluding hydrogens is 498 g/mol. The first-order chi connectivity index (χ1) is 18.9. The van der Waals surface area contributed by atoms with Gasteiger partial charge in [0.1, 0.15) is 18.0 Å². The summed E-state index contributed by atoms with van der Waals surface area (Å²) in [7, 11) is 4.50. The first-order valence-electron chi connectivity index (χ1n) is 12.3. The van der Waals surface area contributed by atoms with Crippen LogP contribution in [0, 0.1) is 0 Å². The van der Waals surface area contributed by atoms with Crippen LogP contribution in [0.2, 0.25) is 0 Å². The van der Waals surface area contributed by atoms with E-state index in [1.54, 1.807) is 42.5 Å². The molecule has 3 unspecified atom stereocenters. The quantitative estimate of drug-likeness (QED) is 0.294. The Bertz CT molecular complexity index is 1350. The maximum Gasteiger partial charge on any atom is 0.255 e. The summed E-state index contributed by atoms with van der Waals surface area (Å²) in [5.41, 5.74) is 3.86. The molecule has 3 aromatic carbocycles. The molecule has 1 aliphatic rings. The van der Waals surface area contributed by atoms with Crippen molar-refractivity contribution in [2.45, 2.75) is 18.6 Å². The zero-order valence-electron chi connectivity index (χ0n) is 21.9. The zero-order chi connectivity index (χ0) is 27.8. The van der Waals surface area contributed by atoms with Crippen LogP contribution in [0.3, 0.4) is 0 Å². The smallest absolute Gasteiger partial charge is 0.255 e. The van der Waals surface area contributed by atoms with Crippen molar-refractivity contribution in [3.8, 4) is 11.1 Å². The van der Waals surface area contributed by atoms with E-state index >= 15 is 0 Å². The number of benzene rings is 3. The molecule has 0 saturated heterocycles. The summed E-state index contributed by atoms with van der Waals surface area (Å²) in [5, 5.41) is 18.6. The lowest BCUT2D eigenvalue weighted by molar-refractivity contribution is -0.119. The molecule has 1 aliphatic carbocycles. The highest BCUT2D eigenvalue weighted by molar-refractivity contribution is 6.04. The fourth-order valence-corrected chi connectivity index (χ4v) is 4.20. The van der Waals surface area contributed by atoms with E-state index in [1.165, 1.54) is 27.4 Å². The maximum absolute atomic E-state index is 12.8. The molecule has 3 atom stereocenters. The fraction of sp³-hybridized carbons (Fsp3) is 0.200. The summed E-state index contributed by atoms with van der Waals surface area (Å²) in [6.07, 6.45) is 0.709. The lowest BCUT2D eigenvalue weighted by Gasteiger charge is -2.28. The molecule has 9 nitrogen and oxygen atoms in total. The van der Waals surface area contributed by atoms with Gasteiger partial charge in [-0.1, -0.05) is 48.5 Å². The topological polar surface area (TPSA) is 118 Å². The minimum Gasteiger partial charge on any atom is -0.498 e. The van der Waals surface area contributed by atoms with E-state index in [0.29, 0.717) is 22.7 Å². The number of aliphatic hydroxyl groups excluding tert-OH is 1. The summed E-state index contributed by atoms with van der Waals surface area (Å²) in [5.74, 6) is -0.380. The SMILES string of the molecule is COC1=CC(C(=O)NC(O)Nc2cccc(NC(=O)c3ccc(-c4ccccc4)cc3)c2)=CC(OC)C1OC. The molecule has 0 aromatic heterocycles. The van der Waals surface area contributed by atoms with Crippen LogP contribution in [-0.2, 0) is 19.0 Å². The molecular formula is C30H31N3O6. The summed E-state index contributed by atoms with van der Waals surface area (Å²) in [6.45, 7) is 0. The van der Waals surface area contributed by atoms with Gasteiger partial charge in [0.2, 0.25) is 6.35 Å². The van der Waals surface area contributed by atoms with E-state index in [2.05, 4.69) is 16.0 Å². The van der Waals surface area contributed by atoms with Crippen LogP contribution in [0.25, 0.3) is 11.1 Å². The number of anilines is 2. The molecule has 0 bridgehead atoms. The number of methoxy groups -OCH3 is 3. The number of aliphatic hydroxyl groups is 1. The Hall–Kier alpha value is -4.44. The van der Waals surface area contributed by atoms with Gasteiger partial charge in [0, 0.05) is 36.7 Å². The number of nitrogens with one attached hydrogen (secondary N) is 3. The van der Waals surface area contributed by atoms with E-state index in [4.69, 9.17) is 14.2 Å². The number of ether oxygens (including phenoxy) is 3. The van der Waals surface area contributed by atoms with E-state index in [-0.39, 0.29) is 11.5 Å². The largest absolute Gasteiger partial charge is 0.498 e. The minimum absolute atomic E-state index is 0.257. The lowest BCUT2D eigenvalue weighted by Crippen LogP contribution is -2.42. The average Bonchev–Trinajstić information content (AvgIpc) is 2.96. The molecule has 0 saturated carbocycles. The molecule has 0 fully saturated rings. The van der Waals surface area contributed by atoms with Crippen LogP contribution in [0.5, 0.6) is 0 Å². The Kier molecular flexibility index (Phi) is 9.11. The number of amides is 2. The van der Waals surface area contributed by atoms with Crippen molar-refractivity contribution in [1.82, 2.24) is 5.32 Å². The number of carbonyl (C=O) groups excluding carboxylic acids is 2. The van der Waals surface area contributed by atoms with Gasteiger partial charge in [-0.2, -0.15) is 0 Å². The van der Waals surface area contributed by atoms with Crippen LogP contribution < -0.4 is 16.0 Å². The Labute approximate surface area is 227 Å². The van der Waals surface area contributed by atoms with Crippen LogP contribution in [0.4, 0.5) is 11.4 Å². The van der Waals surface area contributed by atoms with Crippen LogP contribution >= 0.6 is 0 Å². The second-order valence-electron chi connectivity index (χ2n) is 8.73. The Morgan fingerprint density at radius 2 is 1.51 bits per heavy atom. The van der Waals surface area contributed by atoms with Crippen molar-refractivity contribution in [2.75, 3.05) is 32.0 Å². The van der Waals surface area contributed by atoms with Gasteiger partial charge >= 0.3 is 0 Å². The van der Waals surface area contributed by atoms with Crippen molar-refractivity contribution in [2.24, 2.45) is 0 Å². The third kappa shape index (κ3) is 6.91. The lowest BCUT2D eigenvalue weighted by atomic mass is 9.99. The molecule has 4 N–H and O–H groups in total. The highest BCUT2D eigenvalue weighted by atomic mass is 16.6. The molecule has 39 heavy (non-hydrogen) atoms. The van der Waals surface area contributed by atoms with Crippen LogP contribution in [0.15, 0.2) is 102 Å². The number of rotatable bonds is 10. The molecule has 0 radical (unpaired) electrons. The molecule has 0 aliphatic heterocycles. The second kappa shape index (κ2) is 12.9. The van der Waals surface area contributed by atoms with Gasteiger partial charge < -0.3 is 35.3 Å². The third-order valence-corrected chi connectivity index (χ3v) is 6.19. The Morgan fingerprint density at radius 3 is 2.18 bits per heavy atom. The third-order valence-electron chi connectivity index (χ3n) is 6.19. The van der Waals surface area contributed by atoms with E-state index in [0.717, 1.165) is 11.1 Å². The number of carbonyl (C=O) groups is 2. The minimum atomic E-state index is -1.41. The molecule has 4 rings (SSSR count). The maximum atomic E-state index is 12.8. The summed E-state index contributed by atoms with van der Waals surface area (Å²) in [6, 6.07) is 24.1. The van der Waals surface area contributed by atoms with Gasteiger partial charge in [0.05, 0.1) is 7.11 Å². The van der Waals surface area contributed by atoms with Gasteiger partial charge in [-0.05, 0) is 53.6 Å². The first-order valence-corrected chi connectivity index (χ1v) is 12.3. The Morgan fingerprint density at radius 1 is 0.821 bits per heavy atom. The molecule has 3 aromatic rings. The summed E-state index contributed by atoms with van der Waals surface area (Å²) < 4.78 is 16.1. The van der Waals surface area contributed by atoms with Gasteiger partial charge in [-0.25, -0.2) is 0 Å². The van der Waals surface area contributed by atoms with Gasteiger partial charge in [-0.15, -0.1) is 0 Å². The number of hydrogen-bond donors (Lipinski definition) is 4. The van der Waals surface area contributed by atoms with Crippen molar-refractivity contribution >= 4 is 23.2 Å². The van der Waals surface area contributed by atoms with E-state index in [9.17, 15) is 14.7 Å². The standard InChI is InChI=1S/C30H31N3O6/c1-37-25-16-22(17-26(38-2)27(25)39-3)29(35)33-30(36)32-24-11-7-10-23(18-24)31-28(34)21-14-12-20(13-15-21)19-8-5-4-6-9-19/h4-18,25,27,30,32,36H,1-3H3,(H,31,34)(H,33,35). The fourth-order valence-electron chi connectivity index (χ4n) is 4.20. The van der Waals surface area contributed by atoms with E-state index < -0.39 is 24.5 Å². The molecule has 9 heteroatoms. The molecule has 2 amide bonds. The van der Waals surface area contributed by atoms with Crippen LogP contribution in [0.1, 0.15) is 10.4 Å². The first kappa shape index (κ1) is 27.6. The van der Waals surface area contributed by atoms with Gasteiger partial charge in [0.25, 0.3) is 11.8 Å². The summed E-state index contributed by atoms with van der Waals surface area (Å²) in [4.78, 5) is 25.6. The van der Waals surface area contributed by atoms with Crippen molar-refractivity contribution < 1.29 is 28.9 Å². The number of hydrogen-bond acceptors (Lipinski definition) is 7. The zero-order valence-corrected chi connectivity index (χ0v) is 21.9. The monoisotopic (exact) mass is 529 g/mol. The second-order valence-corrected chi connectivity index (χ2v) is 8.73. The van der Waals surface area contributed by atoms with Crippen LogP contribution in [-0.4, -0.2) is 56.8 Å². The predicted octanol–water partition coefficient (Wildman–Crippen LogP) is 3.91. The normalized spacial score (nSPS) is 17.3. The highest BCUT2D eigenvalue weighted by Gasteiger charge is 2.30. The Balaban J connectivity index is 1.36. The van der Waals surface area contributed by atoms with Gasteiger partial charge in [0.15, 0.2) is 0 Å². The molecule has 202 valence electrons. The molecule has 0 heterocycles. The van der Waals surface area contributed by atoms with Crippen molar-refractivity contribution in [3.63, 3.8) is 0 Å². The molecule has 0 spiro atoms. The summed E-state index contributed by atoms with van der Waals surface area (Å²) >= 11 is 0. The van der Waals surface area contributed by atoms with Crippen molar-refractivity contribution in [3.05, 3.63) is 108 Å². The predicted molar refractivity (Wildman–Crippen MR) is 149 cm³/mol. The van der Waals surface area contributed by atoms with Gasteiger partial charge in [-0.3, -0.25) is 9.59 Å². The van der Waals surface area contributed by atoms with Crippen molar-refractivity contribution in [1.29, 1.82) is 0 Å². The average molecular weight is 530 g/mol. The highest BCUT2D eigenvalue weighted by Crippen LogP contribution is 2.24. The van der Waals surface area contributed by atoms with E-state index in [1.807, 2.05) is 42.5 Å².